The van der Waals surface area contributed by atoms with Gasteiger partial charge in [-0.1, -0.05) is 13.8 Å². The predicted molar refractivity (Wildman–Crippen MR) is 88.9 cm³/mol. The summed E-state index contributed by atoms with van der Waals surface area (Å²) in [5, 5.41) is 3.07. The van der Waals surface area contributed by atoms with Gasteiger partial charge in [0.05, 0.1) is 5.92 Å². The third-order valence-electron chi connectivity index (χ3n) is 4.07. The summed E-state index contributed by atoms with van der Waals surface area (Å²) in [6.07, 6.45) is 3.00. The molecule has 1 aromatic rings. The van der Waals surface area contributed by atoms with E-state index in [4.69, 9.17) is 0 Å². The molecule has 0 saturated carbocycles. The first kappa shape index (κ1) is 16.7. The number of aryl methyl sites for hydroxylation is 2. The Labute approximate surface area is 133 Å². The zero-order chi connectivity index (χ0) is 16.1. The number of amides is 1. The number of hydrogen-bond donors (Lipinski definition) is 1. The van der Waals surface area contributed by atoms with Gasteiger partial charge >= 0.3 is 0 Å². The van der Waals surface area contributed by atoms with Crippen molar-refractivity contribution in [2.45, 2.75) is 47.0 Å². The molecule has 0 aliphatic carbocycles. The van der Waals surface area contributed by atoms with Gasteiger partial charge in [-0.2, -0.15) is 0 Å². The number of carbonyl (C=O) groups excluding carboxylic acids is 1. The first-order valence-electron chi connectivity index (χ1n) is 8.30. The van der Waals surface area contributed by atoms with Gasteiger partial charge in [-0.15, -0.1) is 0 Å². The van der Waals surface area contributed by atoms with E-state index in [1.807, 2.05) is 19.9 Å². The molecule has 0 aromatic carbocycles. The Bertz CT molecular complexity index is 495. The van der Waals surface area contributed by atoms with Crippen LogP contribution in [0.5, 0.6) is 0 Å². The van der Waals surface area contributed by atoms with Crippen LogP contribution in [-0.4, -0.2) is 35.5 Å². The molecule has 0 radical (unpaired) electrons. The molecule has 1 N–H and O–H groups in total. The molecule has 22 heavy (non-hydrogen) atoms. The molecule has 1 amide bonds. The lowest BCUT2D eigenvalue weighted by Crippen LogP contribution is -2.44. The Balaban J connectivity index is 1.95. The van der Waals surface area contributed by atoms with E-state index in [0.29, 0.717) is 5.92 Å². The minimum Gasteiger partial charge on any atom is -0.356 e. The first-order valence-corrected chi connectivity index (χ1v) is 8.30. The number of anilines is 1. The van der Waals surface area contributed by atoms with Gasteiger partial charge in [0.2, 0.25) is 11.9 Å². The number of rotatable bonds is 5. The summed E-state index contributed by atoms with van der Waals surface area (Å²) in [6.45, 7) is 10.7. The van der Waals surface area contributed by atoms with Crippen LogP contribution in [0.1, 0.15) is 44.5 Å². The number of hydrogen-bond acceptors (Lipinski definition) is 4. The zero-order valence-corrected chi connectivity index (χ0v) is 14.2. The van der Waals surface area contributed by atoms with Crippen molar-refractivity contribution in [2.24, 2.45) is 11.8 Å². The van der Waals surface area contributed by atoms with E-state index in [2.05, 4.69) is 34.0 Å². The van der Waals surface area contributed by atoms with E-state index in [1.165, 1.54) is 0 Å². The molecular weight excluding hydrogens is 276 g/mol. The van der Waals surface area contributed by atoms with Crippen LogP contribution in [0.4, 0.5) is 5.95 Å². The number of carbonyl (C=O) groups is 1. The minimum atomic E-state index is 0.0466. The average molecular weight is 304 g/mol. The molecule has 0 bridgehead atoms. The quantitative estimate of drug-likeness (QED) is 0.908. The molecule has 5 nitrogen and oxygen atoms in total. The fourth-order valence-corrected chi connectivity index (χ4v) is 2.85. The second-order valence-corrected chi connectivity index (χ2v) is 6.71. The van der Waals surface area contributed by atoms with Crippen LogP contribution >= 0.6 is 0 Å². The molecule has 1 aliphatic rings. The molecule has 1 fully saturated rings. The van der Waals surface area contributed by atoms with E-state index in [9.17, 15) is 4.79 Å². The van der Waals surface area contributed by atoms with Gasteiger partial charge in [0, 0.05) is 31.0 Å². The Morgan fingerprint density at radius 2 is 2.05 bits per heavy atom. The van der Waals surface area contributed by atoms with Crippen molar-refractivity contribution in [3.63, 3.8) is 0 Å². The lowest BCUT2D eigenvalue weighted by molar-refractivity contribution is -0.125. The monoisotopic (exact) mass is 304 g/mol. The van der Waals surface area contributed by atoms with E-state index in [-0.39, 0.29) is 11.8 Å². The second kappa shape index (κ2) is 7.56. The molecule has 0 spiro atoms. The van der Waals surface area contributed by atoms with Crippen LogP contribution in [-0.2, 0) is 4.79 Å². The fraction of sp³-hybridized carbons (Fsp3) is 0.706. The van der Waals surface area contributed by atoms with Gasteiger partial charge in [-0.3, -0.25) is 4.79 Å². The predicted octanol–water partition coefficient (Wildman–Crippen LogP) is 2.47. The average Bonchev–Trinajstić information content (AvgIpc) is 2.46. The highest BCUT2D eigenvalue weighted by Gasteiger charge is 2.27. The van der Waals surface area contributed by atoms with E-state index in [1.54, 1.807) is 0 Å². The molecule has 122 valence electrons. The number of piperidine rings is 1. The van der Waals surface area contributed by atoms with Crippen molar-refractivity contribution in [3.8, 4) is 0 Å². The van der Waals surface area contributed by atoms with Crippen molar-refractivity contribution in [3.05, 3.63) is 17.5 Å². The van der Waals surface area contributed by atoms with Gasteiger partial charge in [0.15, 0.2) is 0 Å². The van der Waals surface area contributed by atoms with Gasteiger partial charge in [0.1, 0.15) is 0 Å². The lowest BCUT2D eigenvalue weighted by atomic mass is 9.97. The van der Waals surface area contributed by atoms with Crippen LogP contribution < -0.4 is 10.2 Å². The van der Waals surface area contributed by atoms with E-state index < -0.39 is 0 Å². The van der Waals surface area contributed by atoms with Crippen molar-refractivity contribution in [1.82, 2.24) is 15.3 Å². The summed E-state index contributed by atoms with van der Waals surface area (Å²) >= 11 is 0. The normalized spacial score (nSPS) is 18.6. The summed E-state index contributed by atoms with van der Waals surface area (Å²) in [5.74, 6) is 1.60. The summed E-state index contributed by atoms with van der Waals surface area (Å²) in [7, 11) is 0. The van der Waals surface area contributed by atoms with Crippen LogP contribution in [0.3, 0.4) is 0 Å². The smallest absolute Gasteiger partial charge is 0.225 e. The third kappa shape index (κ3) is 4.68. The SMILES string of the molecule is Cc1cc(C)nc(N2CCC[C@@H](C(=O)NCCC(C)C)C2)n1. The highest BCUT2D eigenvalue weighted by atomic mass is 16.1. The maximum absolute atomic E-state index is 12.3. The summed E-state index contributed by atoms with van der Waals surface area (Å²) < 4.78 is 0. The topological polar surface area (TPSA) is 58.1 Å². The molecular formula is C17H28N4O. The first-order chi connectivity index (χ1) is 10.5. The van der Waals surface area contributed by atoms with Crippen LogP contribution in [0, 0.1) is 25.7 Å². The van der Waals surface area contributed by atoms with Crippen molar-refractivity contribution in [1.29, 1.82) is 0 Å². The van der Waals surface area contributed by atoms with Gasteiger partial charge in [-0.25, -0.2) is 9.97 Å². The highest BCUT2D eigenvalue weighted by molar-refractivity contribution is 5.79. The standard InChI is InChI=1S/C17H28N4O/c1-12(2)7-8-18-16(22)15-6-5-9-21(11-15)17-19-13(3)10-14(4)20-17/h10,12,15H,5-9,11H2,1-4H3,(H,18,22)/t15-/m1/s1. The van der Waals surface area contributed by atoms with Crippen molar-refractivity contribution < 1.29 is 4.79 Å². The summed E-state index contributed by atoms with van der Waals surface area (Å²) in [6, 6.07) is 1.98. The Kier molecular flexibility index (Phi) is 5.75. The Morgan fingerprint density at radius 1 is 1.36 bits per heavy atom. The van der Waals surface area contributed by atoms with Gasteiger partial charge in [-0.05, 0) is 45.1 Å². The van der Waals surface area contributed by atoms with Gasteiger partial charge in [0.25, 0.3) is 0 Å². The van der Waals surface area contributed by atoms with E-state index in [0.717, 1.165) is 56.2 Å². The summed E-state index contributed by atoms with van der Waals surface area (Å²) in [5.41, 5.74) is 1.96. The number of nitrogens with one attached hydrogen (secondary N) is 1. The maximum atomic E-state index is 12.3. The van der Waals surface area contributed by atoms with E-state index >= 15 is 0 Å². The fourth-order valence-electron chi connectivity index (χ4n) is 2.85. The minimum absolute atomic E-state index is 0.0466. The molecule has 1 aliphatic heterocycles. The Hall–Kier alpha value is -1.65. The molecule has 2 rings (SSSR count). The van der Waals surface area contributed by atoms with Gasteiger partial charge < -0.3 is 10.2 Å². The molecule has 1 saturated heterocycles. The second-order valence-electron chi connectivity index (χ2n) is 6.71. The lowest BCUT2D eigenvalue weighted by Gasteiger charge is -2.32. The Morgan fingerprint density at radius 3 is 2.68 bits per heavy atom. The van der Waals surface area contributed by atoms with Crippen molar-refractivity contribution >= 4 is 11.9 Å². The number of aromatic nitrogens is 2. The molecule has 5 heteroatoms. The third-order valence-corrected chi connectivity index (χ3v) is 4.07. The largest absolute Gasteiger partial charge is 0.356 e. The molecule has 2 heterocycles. The van der Waals surface area contributed by atoms with Crippen LogP contribution in [0.15, 0.2) is 6.07 Å². The highest BCUT2D eigenvalue weighted by Crippen LogP contribution is 2.21. The zero-order valence-electron chi connectivity index (χ0n) is 14.2. The maximum Gasteiger partial charge on any atom is 0.225 e. The molecule has 0 unspecified atom stereocenters. The van der Waals surface area contributed by atoms with Crippen LogP contribution in [0.25, 0.3) is 0 Å². The number of nitrogens with zero attached hydrogens (tertiary/aromatic N) is 3. The molecule has 1 aromatic heterocycles. The summed E-state index contributed by atoms with van der Waals surface area (Å²) in [4.78, 5) is 23.5. The van der Waals surface area contributed by atoms with Crippen LogP contribution in [0.2, 0.25) is 0 Å². The molecule has 1 atom stereocenters. The van der Waals surface area contributed by atoms with Crippen molar-refractivity contribution in [2.75, 3.05) is 24.5 Å².